The molecule has 0 rings (SSSR count). The predicted molar refractivity (Wildman–Crippen MR) is 4.44 cm³/mol. The molecule has 9 heteroatoms. The van der Waals surface area contributed by atoms with Gasteiger partial charge < -0.3 is 18.6 Å². The van der Waals surface area contributed by atoms with Gasteiger partial charge in [-0.3, -0.25) is 0 Å². The molecular weight excluding hydrogens is 226 g/mol. The Hall–Kier alpha value is 0.846. The van der Waals surface area contributed by atoms with Crippen molar-refractivity contribution >= 4 is 0 Å². The summed E-state index contributed by atoms with van der Waals surface area (Å²) in [6, 6.07) is 0. The van der Waals surface area contributed by atoms with Crippen molar-refractivity contribution in [3.63, 3.8) is 0 Å². The van der Waals surface area contributed by atoms with Gasteiger partial charge in [0.25, 0.3) is 21.6 Å². The fraction of sp³-hybridized carbons (Fsp3) is 0. The first-order chi connectivity index (χ1) is 3.46. The Bertz CT molecular complexity index is 26.5. The second-order valence-corrected chi connectivity index (χ2v) is 1.21. The minimum absolute atomic E-state index is 0. The smallest absolute Gasteiger partial charge is 0.282 e. The first-order valence-electron chi connectivity index (χ1n) is 0.955. The summed E-state index contributed by atoms with van der Waals surface area (Å²) in [5.41, 5.74) is 0. The quantitative estimate of drug-likeness (QED) is 0.424. The van der Waals surface area contributed by atoms with Crippen LogP contribution in [0.1, 0.15) is 0 Å². The summed E-state index contributed by atoms with van der Waals surface area (Å²) in [5.74, 6) is 0. The summed E-state index contributed by atoms with van der Waals surface area (Å²) in [7, 11) is -5.20. The van der Waals surface area contributed by atoms with Crippen LogP contribution in [-0.2, 0) is 16.8 Å². The molecule has 0 aliphatic rings. The molecule has 0 fully saturated rings. The van der Waals surface area contributed by atoms with Crippen LogP contribution in [0.2, 0.25) is 0 Å². The van der Waals surface area contributed by atoms with Gasteiger partial charge in [0.2, 0.25) is 0 Å². The second-order valence-electron chi connectivity index (χ2n) is 0.402. The van der Waals surface area contributed by atoms with Crippen molar-refractivity contribution in [2.45, 2.75) is 0 Å². The molecule has 9 heavy (non-hydrogen) atoms. The third kappa shape index (κ3) is 579. The molecule has 0 amide bonds. The standard InChI is InChI=1S/2ClHO3.Co/c2*2-1(3)4;/h2*2H;. The molecule has 1 radical (unpaired) electrons. The van der Waals surface area contributed by atoms with Crippen molar-refractivity contribution in [2.24, 2.45) is 0 Å². The summed E-state index contributed by atoms with van der Waals surface area (Å²) in [6.45, 7) is 0. The maximum atomic E-state index is 8.52. The molecule has 0 atom stereocenters. The van der Waals surface area contributed by atoms with Gasteiger partial charge in [-0.1, -0.05) is 0 Å². The molecule has 0 bridgehead atoms. The minimum Gasteiger partial charge on any atom is -0.321 e. The van der Waals surface area contributed by atoms with Crippen LogP contribution in [0.25, 0.3) is 0 Å². The van der Waals surface area contributed by atoms with E-state index < -0.39 is 21.6 Å². The maximum Gasteiger partial charge on any atom is 0.282 e. The first kappa shape index (κ1) is 16.4. The molecule has 61 valence electrons. The normalized spacial score (nSPS) is 8.00. The van der Waals surface area contributed by atoms with E-state index in [0.717, 1.165) is 0 Å². The average Bonchev–Trinajstić information content (AvgIpc) is 1.25. The van der Waals surface area contributed by atoms with Crippen LogP contribution in [0, 0.1) is 21.6 Å². The van der Waals surface area contributed by atoms with Crippen molar-refractivity contribution in [3.05, 3.63) is 0 Å². The monoisotopic (exact) mass is 227 g/mol. The summed E-state index contributed by atoms with van der Waals surface area (Å²) in [4.78, 5) is 0. The summed E-state index contributed by atoms with van der Waals surface area (Å²) >= 11 is 0. The summed E-state index contributed by atoms with van der Waals surface area (Å²) in [5, 5.41) is 0. The predicted octanol–water partition coefficient (Wildman–Crippen LogP) is -5.87. The molecule has 0 saturated carbocycles. The summed E-state index contributed by atoms with van der Waals surface area (Å²) < 4.78 is 47.9. The van der Waals surface area contributed by atoms with E-state index in [-0.39, 0.29) is 16.8 Å². The molecule has 0 saturated heterocycles. The van der Waals surface area contributed by atoms with Crippen LogP contribution in [0.15, 0.2) is 0 Å². The number of hydrogen-bond acceptors (Lipinski definition) is 6. The number of hydrogen-bond donors (Lipinski definition) is 2. The van der Waals surface area contributed by atoms with Crippen LogP contribution >= 0.6 is 0 Å². The maximum absolute atomic E-state index is 8.52. The number of halogens is 2. The van der Waals surface area contributed by atoms with E-state index in [4.69, 9.17) is 28.0 Å². The Kier molecular flexibility index (Phi) is 21.2. The topological polar surface area (TPSA) is 133 Å². The number of rotatable bonds is 0. The summed E-state index contributed by atoms with van der Waals surface area (Å²) in [6.07, 6.45) is 0. The van der Waals surface area contributed by atoms with E-state index in [2.05, 4.69) is 0 Å². The fourth-order valence-corrected chi connectivity index (χ4v) is 0. The molecule has 0 heterocycles. The van der Waals surface area contributed by atoms with E-state index in [1.807, 2.05) is 0 Å². The molecule has 0 unspecified atom stereocenters. The van der Waals surface area contributed by atoms with Crippen molar-refractivity contribution in [1.82, 2.24) is 0 Å². The van der Waals surface area contributed by atoms with Gasteiger partial charge in [0.15, 0.2) is 0 Å². The van der Waals surface area contributed by atoms with Gasteiger partial charge in [-0.15, -0.1) is 0 Å². The third-order valence-corrected chi connectivity index (χ3v) is 0. The van der Waals surface area contributed by atoms with Gasteiger partial charge >= 0.3 is 0 Å². The second kappa shape index (κ2) is 11.6. The Morgan fingerprint density at radius 3 is 0.778 bits per heavy atom. The molecule has 0 spiro atoms. The van der Waals surface area contributed by atoms with E-state index in [1.54, 1.807) is 0 Å². The zero-order valence-corrected chi connectivity index (χ0v) is 6.17. The largest absolute Gasteiger partial charge is 0.321 e. The van der Waals surface area contributed by atoms with Gasteiger partial charge in [-0.05, 0) is 0 Å². The molecule has 0 aromatic heterocycles. The molecule has 0 aliphatic carbocycles. The first-order valence-corrected chi connectivity index (χ1v) is 2.87. The van der Waals surface area contributed by atoms with Crippen LogP contribution in [0.3, 0.4) is 0 Å². The van der Waals surface area contributed by atoms with Crippen LogP contribution in [-0.4, -0.2) is 9.32 Å². The Balaban J connectivity index is -0.0000000720. The van der Waals surface area contributed by atoms with Crippen LogP contribution < -0.4 is 18.6 Å². The van der Waals surface area contributed by atoms with Crippen molar-refractivity contribution in [3.8, 4) is 0 Å². The zero-order valence-electron chi connectivity index (χ0n) is 3.62. The molecule has 0 aliphatic heterocycles. The van der Waals surface area contributed by atoms with Crippen LogP contribution in [0.4, 0.5) is 0 Å². The molecule has 2 N–H and O–H groups in total. The van der Waals surface area contributed by atoms with Crippen molar-refractivity contribution < 1.29 is 66.3 Å². The van der Waals surface area contributed by atoms with Crippen LogP contribution in [0.5, 0.6) is 0 Å². The molecular formula is H2Cl2CoO6. The molecule has 0 aromatic rings. The average molecular weight is 228 g/mol. The Morgan fingerprint density at radius 1 is 0.778 bits per heavy atom. The van der Waals surface area contributed by atoms with Gasteiger partial charge in [-0.2, -0.15) is 0 Å². The minimum atomic E-state index is -2.60. The van der Waals surface area contributed by atoms with E-state index in [1.165, 1.54) is 0 Å². The van der Waals surface area contributed by atoms with Gasteiger partial charge in [0.1, 0.15) is 0 Å². The Labute approximate surface area is 66.7 Å². The fourth-order valence-electron chi connectivity index (χ4n) is 0. The van der Waals surface area contributed by atoms with Crippen molar-refractivity contribution in [1.29, 1.82) is 0 Å². The van der Waals surface area contributed by atoms with Gasteiger partial charge in [-0.25, -0.2) is 0 Å². The van der Waals surface area contributed by atoms with E-state index in [9.17, 15) is 0 Å². The van der Waals surface area contributed by atoms with E-state index in [0.29, 0.717) is 0 Å². The third-order valence-electron chi connectivity index (χ3n) is 0. The zero-order chi connectivity index (χ0) is 7.15. The van der Waals surface area contributed by atoms with Gasteiger partial charge in [0.05, 0.1) is 0 Å². The SMILES string of the molecule is [Co].[O-][Cl+2]([O-])O.[O-][Cl+2]([O-])O. The Morgan fingerprint density at radius 2 is 0.778 bits per heavy atom. The van der Waals surface area contributed by atoms with Crippen molar-refractivity contribution in [2.75, 3.05) is 0 Å². The van der Waals surface area contributed by atoms with E-state index >= 15 is 0 Å². The molecule has 0 aromatic carbocycles. The molecule has 6 nitrogen and oxygen atoms in total. The van der Waals surface area contributed by atoms with Gasteiger partial charge in [0, 0.05) is 26.1 Å².